The number of carbonyl (C=O) groups excluding carboxylic acids is 1. The van der Waals surface area contributed by atoms with Crippen molar-refractivity contribution in [1.29, 1.82) is 0 Å². The van der Waals surface area contributed by atoms with E-state index in [0.717, 1.165) is 5.39 Å². The fourth-order valence-corrected chi connectivity index (χ4v) is 4.05. The van der Waals surface area contributed by atoms with Crippen LogP contribution in [-0.4, -0.2) is 44.4 Å². The Balaban J connectivity index is 1.47. The predicted molar refractivity (Wildman–Crippen MR) is 150 cm³/mol. The van der Waals surface area contributed by atoms with Crippen molar-refractivity contribution in [3.05, 3.63) is 71.4 Å². The summed E-state index contributed by atoms with van der Waals surface area (Å²) in [6.45, 7) is 0. The van der Waals surface area contributed by atoms with E-state index in [1.54, 1.807) is 75.0 Å². The first-order valence-corrected chi connectivity index (χ1v) is 12.0. The monoisotopic (exact) mass is 553 g/mol. The van der Waals surface area contributed by atoms with E-state index in [1.807, 2.05) is 0 Å². The van der Waals surface area contributed by atoms with Gasteiger partial charge in [0.2, 0.25) is 0 Å². The number of methoxy groups -OCH3 is 4. The van der Waals surface area contributed by atoms with Gasteiger partial charge in [0, 0.05) is 29.3 Å². The molecule has 11 heteroatoms. The quantitative estimate of drug-likeness (QED) is 0.260. The summed E-state index contributed by atoms with van der Waals surface area (Å²) in [6.07, 6.45) is 1.64. The summed E-state index contributed by atoms with van der Waals surface area (Å²) in [5.41, 5.74) is 1.52. The second kappa shape index (κ2) is 11.8. The van der Waals surface area contributed by atoms with Crippen molar-refractivity contribution in [1.82, 2.24) is 10.3 Å². The molecule has 0 unspecified atom stereocenters. The van der Waals surface area contributed by atoms with Crippen molar-refractivity contribution in [2.45, 2.75) is 0 Å². The number of benzene rings is 3. The Kier molecular flexibility index (Phi) is 8.35. The summed E-state index contributed by atoms with van der Waals surface area (Å²) in [4.78, 5) is 17.0. The molecule has 0 aliphatic carbocycles. The maximum absolute atomic E-state index is 12.6. The minimum absolute atomic E-state index is 0.0709. The molecule has 4 aromatic rings. The van der Waals surface area contributed by atoms with Crippen LogP contribution in [0.5, 0.6) is 34.5 Å². The number of nitrogens with zero attached hydrogens (tertiary/aromatic N) is 1. The highest BCUT2D eigenvalue weighted by Gasteiger charge is 2.15. The Morgan fingerprint density at radius 1 is 0.816 bits per heavy atom. The summed E-state index contributed by atoms with van der Waals surface area (Å²) in [6, 6.07) is 15.2. The van der Waals surface area contributed by atoms with Gasteiger partial charge in [0.15, 0.2) is 28.1 Å². The van der Waals surface area contributed by atoms with Crippen LogP contribution in [0.2, 0.25) is 5.02 Å². The largest absolute Gasteiger partial charge is 0.493 e. The number of rotatable bonds is 8. The average molecular weight is 554 g/mol. The third-order valence-corrected chi connectivity index (χ3v) is 6.01. The second-order valence-electron chi connectivity index (χ2n) is 7.76. The molecular formula is C27H24ClN3O6S. The smallest absolute Gasteiger partial charge is 0.257 e. The molecule has 0 saturated carbocycles. The third-order valence-electron chi connectivity index (χ3n) is 5.50. The summed E-state index contributed by atoms with van der Waals surface area (Å²) >= 11 is 11.8. The lowest BCUT2D eigenvalue weighted by Gasteiger charge is -2.14. The van der Waals surface area contributed by atoms with Crippen LogP contribution in [-0.2, 0) is 0 Å². The SMILES string of the molecule is COc1ccc(C(=O)NC(=S)Nc2ccc(Oc3ccnc4cc(OC)c(OC)cc34)cc2Cl)cc1OC. The first kappa shape index (κ1) is 26.8. The van der Waals surface area contributed by atoms with Crippen LogP contribution in [0.3, 0.4) is 0 Å². The Morgan fingerprint density at radius 2 is 1.50 bits per heavy atom. The van der Waals surface area contributed by atoms with Crippen LogP contribution >= 0.6 is 23.8 Å². The number of fused-ring (bicyclic) bond motifs is 1. The van der Waals surface area contributed by atoms with Crippen molar-refractivity contribution in [3.63, 3.8) is 0 Å². The number of halogens is 1. The van der Waals surface area contributed by atoms with Crippen molar-refractivity contribution >= 4 is 51.4 Å². The number of carbonyl (C=O) groups is 1. The fraction of sp³-hybridized carbons (Fsp3) is 0.148. The maximum Gasteiger partial charge on any atom is 0.257 e. The number of hydrogen-bond donors (Lipinski definition) is 2. The molecule has 2 N–H and O–H groups in total. The normalized spacial score (nSPS) is 10.4. The van der Waals surface area contributed by atoms with Crippen molar-refractivity contribution in [3.8, 4) is 34.5 Å². The van der Waals surface area contributed by atoms with Crippen molar-refractivity contribution in [2.75, 3.05) is 33.8 Å². The van der Waals surface area contributed by atoms with Gasteiger partial charge in [0.1, 0.15) is 11.5 Å². The van der Waals surface area contributed by atoms with Gasteiger partial charge in [-0.25, -0.2) is 0 Å². The van der Waals surface area contributed by atoms with E-state index in [4.69, 9.17) is 47.5 Å². The van der Waals surface area contributed by atoms with Gasteiger partial charge in [-0.05, 0) is 54.7 Å². The molecule has 0 spiro atoms. The predicted octanol–water partition coefficient (Wildman–Crippen LogP) is 5.84. The summed E-state index contributed by atoms with van der Waals surface area (Å²) in [7, 11) is 6.14. The van der Waals surface area contributed by atoms with Crippen molar-refractivity contribution < 1.29 is 28.5 Å². The summed E-state index contributed by atoms with van der Waals surface area (Å²) in [5.74, 6) is 2.69. The number of nitrogens with one attached hydrogen (secondary N) is 2. The van der Waals surface area contributed by atoms with Crippen LogP contribution in [0.4, 0.5) is 5.69 Å². The van der Waals surface area contributed by atoms with E-state index in [9.17, 15) is 4.79 Å². The number of amides is 1. The van der Waals surface area contributed by atoms with E-state index in [-0.39, 0.29) is 5.11 Å². The van der Waals surface area contributed by atoms with Gasteiger partial charge < -0.3 is 29.0 Å². The molecule has 38 heavy (non-hydrogen) atoms. The summed E-state index contributed by atoms with van der Waals surface area (Å²) < 4.78 is 27.3. The Bertz CT molecular complexity index is 1510. The lowest BCUT2D eigenvalue weighted by Crippen LogP contribution is -2.34. The lowest BCUT2D eigenvalue weighted by atomic mass is 10.2. The zero-order valence-electron chi connectivity index (χ0n) is 21.0. The highest BCUT2D eigenvalue weighted by atomic mass is 35.5. The van der Waals surface area contributed by atoms with Gasteiger partial charge >= 0.3 is 0 Å². The number of aromatic nitrogens is 1. The fourth-order valence-electron chi connectivity index (χ4n) is 3.63. The van der Waals surface area contributed by atoms with Gasteiger partial charge in [-0.1, -0.05) is 11.6 Å². The molecular weight excluding hydrogens is 530 g/mol. The highest BCUT2D eigenvalue weighted by molar-refractivity contribution is 7.80. The molecule has 0 saturated heterocycles. The molecule has 0 bridgehead atoms. The molecule has 0 aliphatic heterocycles. The maximum atomic E-state index is 12.6. The highest BCUT2D eigenvalue weighted by Crippen LogP contribution is 2.38. The van der Waals surface area contributed by atoms with Crippen LogP contribution in [0.1, 0.15) is 10.4 Å². The Labute approximate surface area is 229 Å². The van der Waals surface area contributed by atoms with Crippen LogP contribution in [0.15, 0.2) is 60.8 Å². The molecule has 0 fully saturated rings. The van der Waals surface area contributed by atoms with Gasteiger partial charge in [0.25, 0.3) is 5.91 Å². The second-order valence-corrected chi connectivity index (χ2v) is 8.57. The van der Waals surface area contributed by atoms with Gasteiger partial charge in [-0.15, -0.1) is 0 Å². The average Bonchev–Trinajstić information content (AvgIpc) is 2.93. The minimum atomic E-state index is -0.420. The molecule has 9 nitrogen and oxygen atoms in total. The standard InChI is InChI=1S/C27H24ClN3O6S/c1-33-22-8-5-15(11-23(22)34-2)26(32)31-27(38)30-19-7-6-16(12-18(19)28)37-21-9-10-29-20-14-25(36-4)24(35-3)13-17(20)21/h5-14H,1-4H3,(H2,30,31,32,38). The number of ether oxygens (including phenoxy) is 5. The Hall–Kier alpha value is -4.28. The number of anilines is 1. The van der Waals surface area contributed by atoms with Gasteiger partial charge in [-0.2, -0.15) is 0 Å². The topological polar surface area (TPSA) is 100 Å². The number of pyridine rings is 1. The first-order valence-electron chi connectivity index (χ1n) is 11.2. The zero-order chi connectivity index (χ0) is 27.2. The molecule has 1 amide bonds. The zero-order valence-corrected chi connectivity index (χ0v) is 22.5. The van der Waals surface area contributed by atoms with Gasteiger partial charge in [0.05, 0.1) is 44.7 Å². The Morgan fingerprint density at radius 3 is 2.18 bits per heavy atom. The van der Waals surface area contributed by atoms with Crippen molar-refractivity contribution in [2.24, 2.45) is 0 Å². The minimum Gasteiger partial charge on any atom is -0.493 e. The van der Waals surface area contributed by atoms with E-state index in [2.05, 4.69) is 15.6 Å². The first-order chi connectivity index (χ1) is 18.4. The molecule has 1 heterocycles. The van der Waals surface area contributed by atoms with Crippen LogP contribution in [0, 0.1) is 0 Å². The molecule has 196 valence electrons. The van der Waals surface area contributed by atoms with Gasteiger partial charge in [-0.3, -0.25) is 15.1 Å². The molecule has 4 rings (SSSR count). The molecule has 1 aromatic heterocycles. The lowest BCUT2D eigenvalue weighted by molar-refractivity contribution is 0.0977. The van der Waals surface area contributed by atoms with E-state index in [1.165, 1.54) is 14.2 Å². The molecule has 0 atom stereocenters. The summed E-state index contributed by atoms with van der Waals surface area (Å²) in [5, 5.41) is 6.69. The van der Waals surface area contributed by atoms with Crippen LogP contribution in [0.25, 0.3) is 10.9 Å². The van der Waals surface area contributed by atoms with E-state index < -0.39 is 5.91 Å². The molecule has 3 aromatic carbocycles. The molecule has 0 aliphatic rings. The van der Waals surface area contributed by atoms with E-state index >= 15 is 0 Å². The number of thiocarbonyl (C=S) groups is 1. The third kappa shape index (κ3) is 5.82. The molecule has 0 radical (unpaired) electrons. The van der Waals surface area contributed by atoms with Crippen LogP contribution < -0.4 is 34.3 Å². The number of hydrogen-bond acceptors (Lipinski definition) is 8. The van der Waals surface area contributed by atoms with E-state index in [0.29, 0.717) is 56.3 Å².